The first kappa shape index (κ1) is 17.7. The molecule has 0 saturated carbocycles. The quantitative estimate of drug-likeness (QED) is 0.877. The van der Waals surface area contributed by atoms with E-state index in [1.54, 1.807) is 12.1 Å². The third-order valence-corrected chi connectivity index (χ3v) is 3.58. The topological polar surface area (TPSA) is 123 Å². The van der Waals surface area contributed by atoms with Crippen molar-refractivity contribution in [3.8, 4) is 46.4 Å². The molecule has 1 aromatic carbocycles. The second-order valence-electron chi connectivity index (χ2n) is 4.74. The molecule has 0 bridgehead atoms. The van der Waals surface area contributed by atoms with Gasteiger partial charge in [0.2, 0.25) is 11.6 Å². The second-order valence-corrected chi connectivity index (χ2v) is 4.74. The SMILES string of the molecule is COc1ccc(-c2c(C#N)c(N)nc(OC)c2C#N)c(OC)c1OC. The average molecular weight is 340 g/mol. The maximum atomic E-state index is 9.58. The van der Waals surface area contributed by atoms with Gasteiger partial charge in [0.05, 0.1) is 28.4 Å². The van der Waals surface area contributed by atoms with E-state index in [1.165, 1.54) is 28.4 Å². The molecule has 0 aliphatic heterocycles. The number of nitrogens with zero attached hydrogens (tertiary/aromatic N) is 3. The lowest BCUT2D eigenvalue weighted by atomic mass is 9.95. The summed E-state index contributed by atoms with van der Waals surface area (Å²) in [7, 11) is 5.76. The predicted molar refractivity (Wildman–Crippen MR) is 89.7 cm³/mol. The molecule has 2 rings (SSSR count). The molecule has 0 radical (unpaired) electrons. The van der Waals surface area contributed by atoms with Crippen LogP contribution in [-0.4, -0.2) is 33.4 Å². The van der Waals surface area contributed by atoms with Crippen molar-refractivity contribution in [2.45, 2.75) is 0 Å². The average Bonchev–Trinajstić information content (AvgIpc) is 2.65. The van der Waals surface area contributed by atoms with Gasteiger partial charge in [-0.15, -0.1) is 0 Å². The molecule has 2 aromatic rings. The van der Waals surface area contributed by atoms with Crippen LogP contribution in [0, 0.1) is 22.7 Å². The van der Waals surface area contributed by atoms with E-state index >= 15 is 0 Å². The van der Waals surface area contributed by atoms with Crippen molar-refractivity contribution in [3.05, 3.63) is 23.3 Å². The van der Waals surface area contributed by atoms with Crippen molar-refractivity contribution < 1.29 is 18.9 Å². The molecule has 8 nitrogen and oxygen atoms in total. The molecule has 2 N–H and O–H groups in total. The van der Waals surface area contributed by atoms with Gasteiger partial charge >= 0.3 is 0 Å². The molecule has 0 aliphatic rings. The number of hydrogen-bond acceptors (Lipinski definition) is 8. The molecule has 0 atom stereocenters. The predicted octanol–water partition coefficient (Wildman–Crippen LogP) is 2.11. The van der Waals surface area contributed by atoms with Gasteiger partial charge in [0.25, 0.3) is 0 Å². The fourth-order valence-electron chi connectivity index (χ4n) is 2.51. The van der Waals surface area contributed by atoms with Crippen molar-refractivity contribution in [1.29, 1.82) is 10.5 Å². The number of methoxy groups -OCH3 is 4. The number of ether oxygens (including phenoxy) is 4. The first-order chi connectivity index (χ1) is 12.1. The largest absolute Gasteiger partial charge is 0.493 e. The number of rotatable bonds is 5. The number of aromatic nitrogens is 1. The Morgan fingerprint density at radius 2 is 1.52 bits per heavy atom. The van der Waals surface area contributed by atoms with Crippen molar-refractivity contribution in [1.82, 2.24) is 4.98 Å². The summed E-state index contributed by atoms with van der Waals surface area (Å²) >= 11 is 0. The van der Waals surface area contributed by atoms with Gasteiger partial charge in [-0.2, -0.15) is 15.5 Å². The fraction of sp³-hybridized carbons (Fsp3) is 0.235. The minimum Gasteiger partial charge on any atom is -0.493 e. The molecule has 0 aliphatic carbocycles. The van der Waals surface area contributed by atoms with Crippen molar-refractivity contribution in [3.63, 3.8) is 0 Å². The normalized spacial score (nSPS) is 9.68. The second kappa shape index (κ2) is 7.28. The third kappa shape index (κ3) is 2.81. The zero-order valence-electron chi connectivity index (χ0n) is 14.2. The van der Waals surface area contributed by atoms with Crippen LogP contribution < -0.4 is 24.7 Å². The summed E-state index contributed by atoms with van der Waals surface area (Å²) in [6, 6.07) is 7.28. The van der Waals surface area contributed by atoms with E-state index in [2.05, 4.69) is 4.98 Å². The summed E-state index contributed by atoms with van der Waals surface area (Å²) < 4.78 is 21.2. The lowest BCUT2D eigenvalue weighted by molar-refractivity contribution is 0.325. The van der Waals surface area contributed by atoms with E-state index < -0.39 is 0 Å². The van der Waals surface area contributed by atoms with E-state index in [1.807, 2.05) is 12.1 Å². The first-order valence-electron chi connectivity index (χ1n) is 7.04. The summed E-state index contributed by atoms with van der Waals surface area (Å²) in [5.41, 5.74) is 6.67. The van der Waals surface area contributed by atoms with Gasteiger partial charge in [0.15, 0.2) is 11.5 Å². The number of pyridine rings is 1. The van der Waals surface area contributed by atoms with Gasteiger partial charge in [-0.3, -0.25) is 0 Å². The Balaban J connectivity index is 2.99. The van der Waals surface area contributed by atoms with Crippen LogP contribution in [0.3, 0.4) is 0 Å². The highest BCUT2D eigenvalue weighted by Gasteiger charge is 2.26. The van der Waals surface area contributed by atoms with Gasteiger partial charge in [0.1, 0.15) is 29.1 Å². The summed E-state index contributed by atoms with van der Waals surface area (Å²) in [6.45, 7) is 0. The third-order valence-electron chi connectivity index (χ3n) is 3.58. The van der Waals surface area contributed by atoms with Gasteiger partial charge < -0.3 is 24.7 Å². The molecular weight excluding hydrogens is 324 g/mol. The Morgan fingerprint density at radius 1 is 0.880 bits per heavy atom. The van der Waals surface area contributed by atoms with Crippen LogP contribution in [0.5, 0.6) is 23.1 Å². The highest BCUT2D eigenvalue weighted by atomic mass is 16.5. The van der Waals surface area contributed by atoms with Crippen LogP contribution in [0.1, 0.15) is 11.1 Å². The van der Waals surface area contributed by atoms with Crippen LogP contribution in [0.15, 0.2) is 12.1 Å². The van der Waals surface area contributed by atoms with Crippen LogP contribution in [-0.2, 0) is 0 Å². The summed E-state index contributed by atoms with van der Waals surface area (Å²) in [5.74, 6) is 1.03. The number of nitrogens with two attached hydrogens (primary N) is 1. The number of hydrogen-bond donors (Lipinski definition) is 1. The molecule has 0 saturated heterocycles. The summed E-state index contributed by atoms with van der Waals surface area (Å²) in [5, 5.41) is 19.1. The molecule has 0 fully saturated rings. The van der Waals surface area contributed by atoms with Crippen LogP contribution in [0.2, 0.25) is 0 Å². The summed E-state index contributed by atoms with van der Waals surface area (Å²) in [6.07, 6.45) is 0. The Labute approximate surface area is 144 Å². The van der Waals surface area contributed by atoms with Gasteiger partial charge in [-0.05, 0) is 12.1 Å². The van der Waals surface area contributed by atoms with E-state index in [9.17, 15) is 10.5 Å². The Bertz CT molecular complexity index is 897. The molecule has 1 aromatic heterocycles. The lowest BCUT2D eigenvalue weighted by Gasteiger charge is -2.18. The standard InChI is InChI=1S/C17H16N4O4/c1-22-12-6-5-9(14(23-2)15(12)24-3)13-10(7-18)16(20)21-17(25-4)11(13)8-19/h5-6H,1-4H3,(H2,20,21). The zero-order valence-corrected chi connectivity index (χ0v) is 14.2. The Morgan fingerprint density at radius 3 is 2.00 bits per heavy atom. The van der Waals surface area contributed by atoms with E-state index in [-0.39, 0.29) is 28.4 Å². The van der Waals surface area contributed by atoms with E-state index in [4.69, 9.17) is 24.7 Å². The van der Waals surface area contributed by atoms with Gasteiger partial charge in [-0.1, -0.05) is 0 Å². The molecule has 25 heavy (non-hydrogen) atoms. The minimum atomic E-state index is -0.0508. The van der Waals surface area contributed by atoms with Crippen LogP contribution in [0.25, 0.3) is 11.1 Å². The molecular formula is C17H16N4O4. The van der Waals surface area contributed by atoms with Gasteiger partial charge in [0, 0.05) is 11.1 Å². The van der Waals surface area contributed by atoms with Crippen molar-refractivity contribution >= 4 is 5.82 Å². The molecule has 0 unspecified atom stereocenters. The highest BCUT2D eigenvalue weighted by Crippen LogP contribution is 2.47. The Hall–Kier alpha value is -3.65. The maximum Gasteiger partial charge on any atom is 0.234 e. The lowest BCUT2D eigenvalue weighted by Crippen LogP contribution is -2.05. The van der Waals surface area contributed by atoms with E-state index in [0.29, 0.717) is 22.8 Å². The first-order valence-corrected chi connectivity index (χ1v) is 7.04. The minimum absolute atomic E-state index is 0.0193. The number of anilines is 1. The summed E-state index contributed by atoms with van der Waals surface area (Å²) in [4.78, 5) is 3.97. The number of benzene rings is 1. The monoisotopic (exact) mass is 340 g/mol. The molecule has 0 spiro atoms. The molecule has 0 amide bonds. The highest BCUT2D eigenvalue weighted by molar-refractivity contribution is 5.87. The fourth-order valence-corrected chi connectivity index (χ4v) is 2.51. The maximum absolute atomic E-state index is 9.58. The number of nitriles is 2. The van der Waals surface area contributed by atoms with Crippen LogP contribution >= 0.6 is 0 Å². The smallest absolute Gasteiger partial charge is 0.234 e. The van der Waals surface area contributed by atoms with E-state index in [0.717, 1.165) is 0 Å². The van der Waals surface area contributed by atoms with Crippen molar-refractivity contribution in [2.24, 2.45) is 0 Å². The number of nitrogen functional groups attached to an aromatic ring is 1. The Kier molecular flexibility index (Phi) is 5.15. The molecule has 128 valence electrons. The molecule has 8 heteroatoms. The zero-order chi connectivity index (χ0) is 18.6. The van der Waals surface area contributed by atoms with Gasteiger partial charge in [-0.25, -0.2) is 0 Å². The molecule has 1 heterocycles. The van der Waals surface area contributed by atoms with Crippen LogP contribution in [0.4, 0.5) is 5.82 Å². The van der Waals surface area contributed by atoms with Crippen molar-refractivity contribution in [2.75, 3.05) is 34.2 Å².